The highest BCUT2D eigenvalue weighted by molar-refractivity contribution is 6.40. The number of nitrogens with one attached hydrogen (secondary N) is 1. The largest absolute Gasteiger partial charge is 0.324 e. The Kier molecular flexibility index (Phi) is 6.04. The summed E-state index contributed by atoms with van der Waals surface area (Å²) < 4.78 is 13.1. The van der Waals surface area contributed by atoms with Crippen molar-refractivity contribution in [3.63, 3.8) is 0 Å². The van der Waals surface area contributed by atoms with Gasteiger partial charge in [-0.05, 0) is 30.3 Å². The fourth-order valence-electron chi connectivity index (χ4n) is 2.01. The van der Waals surface area contributed by atoms with Gasteiger partial charge in [-0.2, -0.15) is 0 Å². The first kappa shape index (κ1) is 18.5. The van der Waals surface area contributed by atoms with Crippen molar-refractivity contribution in [3.8, 4) is 0 Å². The van der Waals surface area contributed by atoms with Gasteiger partial charge < -0.3 is 10.2 Å². The van der Waals surface area contributed by atoms with Crippen LogP contribution in [0.3, 0.4) is 0 Å². The first-order valence-corrected chi connectivity index (χ1v) is 7.90. The second kappa shape index (κ2) is 7.83. The summed E-state index contributed by atoms with van der Waals surface area (Å²) in [7, 11) is 0. The van der Waals surface area contributed by atoms with Crippen LogP contribution in [0.15, 0.2) is 36.4 Å². The average molecular weight is 390 g/mol. The third-order valence-corrected chi connectivity index (χ3v) is 3.99. The van der Waals surface area contributed by atoms with Gasteiger partial charge in [0, 0.05) is 12.6 Å². The van der Waals surface area contributed by atoms with Gasteiger partial charge in [0.2, 0.25) is 11.8 Å². The molecule has 2 aromatic rings. The molecular weight excluding hydrogens is 378 g/mol. The zero-order valence-electron chi connectivity index (χ0n) is 12.4. The fraction of sp³-hybridized carbons (Fsp3) is 0.125. The number of hydrogen-bond donors (Lipinski definition) is 1. The molecule has 0 saturated carbocycles. The van der Waals surface area contributed by atoms with Crippen molar-refractivity contribution in [3.05, 3.63) is 57.3 Å². The Labute approximate surface area is 153 Å². The van der Waals surface area contributed by atoms with E-state index in [1.54, 1.807) is 18.2 Å². The van der Waals surface area contributed by atoms with E-state index in [1.807, 2.05) is 0 Å². The molecule has 0 aliphatic rings. The smallest absolute Gasteiger partial charge is 0.244 e. The van der Waals surface area contributed by atoms with Crippen LogP contribution >= 0.6 is 34.8 Å². The van der Waals surface area contributed by atoms with Crippen molar-refractivity contribution in [2.24, 2.45) is 0 Å². The molecule has 2 aromatic carbocycles. The third-order valence-electron chi connectivity index (χ3n) is 3.09. The Morgan fingerprint density at radius 3 is 2.25 bits per heavy atom. The first-order chi connectivity index (χ1) is 11.3. The summed E-state index contributed by atoms with van der Waals surface area (Å²) in [5.41, 5.74) is 0.556. The van der Waals surface area contributed by atoms with Gasteiger partial charge in [0.15, 0.2) is 0 Å². The lowest BCUT2D eigenvalue weighted by Crippen LogP contribution is -2.37. The lowest BCUT2D eigenvalue weighted by atomic mass is 10.2. The zero-order valence-corrected chi connectivity index (χ0v) is 14.7. The number of anilines is 2. The van der Waals surface area contributed by atoms with E-state index in [9.17, 15) is 14.0 Å². The maximum absolute atomic E-state index is 13.1. The van der Waals surface area contributed by atoms with Gasteiger partial charge in [0.25, 0.3) is 0 Å². The summed E-state index contributed by atoms with van der Waals surface area (Å²) in [5, 5.41) is 2.91. The van der Waals surface area contributed by atoms with E-state index in [-0.39, 0.29) is 27.3 Å². The summed E-state index contributed by atoms with van der Waals surface area (Å²) >= 11 is 17.8. The first-order valence-electron chi connectivity index (χ1n) is 6.76. The van der Waals surface area contributed by atoms with Crippen molar-refractivity contribution < 1.29 is 14.0 Å². The Bertz CT molecular complexity index is 779. The maximum Gasteiger partial charge on any atom is 0.244 e. The van der Waals surface area contributed by atoms with Gasteiger partial charge in [-0.15, -0.1) is 0 Å². The molecule has 0 saturated heterocycles. The quantitative estimate of drug-likeness (QED) is 0.818. The molecule has 8 heteroatoms. The SMILES string of the molecule is CC(=O)N(CC(=O)Nc1ccc(F)c(Cl)c1)c1c(Cl)cccc1Cl. The molecule has 0 radical (unpaired) electrons. The molecule has 24 heavy (non-hydrogen) atoms. The molecule has 1 N–H and O–H groups in total. The number of carbonyl (C=O) groups excluding carboxylic acids is 2. The lowest BCUT2D eigenvalue weighted by Gasteiger charge is -2.23. The van der Waals surface area contributed by atoms with Crippen LogP contribution in [0, 0.1) is 5.82 Å². The average Bonchev–Trinajstić information content (AvgIpc) is 2.49. The molecule has 2 amide bonds. The van der Waals surface area contributed by atoms with Crippen molar-refractivity contribution >= 4 is 58.0 Å². The van der Waals surface area contributed by atoms with E-state index in [2.05, 4.69) is 5.32 Å². The molecule has 2 rings (SSSR count). The minimum absolute atomic E-state index is 0.120. The standard InChI is InChI=1S/C16H12Cl3FN2O2/c1-9(23)22(16-11(17)3-2-4-12(16)18)8-15(24)21-10-5-6-14(20)13(19)7-10/h2-7H,8H2,1H3,(H,21,24). The predicted molar refractivity (Wildman–Crippen MR) is 94.5 cm³/mol. The molecule has 0 unspecified atom stereocenters. The van der Waals surface area contributed by atoms with Crippen LogP contribution in [0.2, 0.25) is 15.1 Å². The monoisotopic (exact) mass is 388 g/mol. The fourth-order valence-corrected chi connectivity index (χ4v) is 2.79. The number of hydrogen-bond acceptors (Lipinski definition) is 2. The molecule has 0 aliphatic carbocycles. The Morgan fingerprint density at radius 2 is 1.71 bits per heavy atom. The molecule has 0 heterocycles. The molecule has 4 nitrogen and oxygen atoms in total. The van der Waals surface area contributed by atoms with Crippen LogP contribution in [0.1, 0.15) is 6.92 Å². The number of nitrogens with zero attached hydrogens (tertiary/aromatic N) is 1. The van der Waals surface area contributed by atoms with E-state index >= 15 is 0 Å². The van der Waals surface area contributed by atoms with Crippen molar-refractivity contribution in [1.29, 1.82) is 0 Å². The highest BCUT2D eigenvalue weighted by Gasteiger charge is 2.21. The number of benzene rings is 2. The van der Waals surface area contributed by atoms with Crippen LogP contribution in [-0.2, 0) is 9.59 Å². The van der Waals surface area contributed by atoms with Gasteiger partial charge in [0.05, 0.1) is 20.8 Å². The second-order valence-corrected chi connectivity index (χ2v) is 6.07. The maximum atomic E-state index is 13.1. The van der Waals surface area contributed by atoms with E-state index in [1.165, 1.54) is 19.1 Å². The number of amides is 2. The summed E-state index contributed by atoms with van der Waals surface area (Å²) in [5.74, 6) is -1.51. The minimum Gasteiger partial charge on any atom is -0.324 e. The van der Waals surface area contributed by atoms with Crippen LogP contribution < -0.4 is 10.2 Å². The molecule has 0 fully saturated rings. The third kappa shape index (κ3) is 4.38. The lowest BCUT2D eigenvalue weighted by molar-refractivity contribution is -0.120. The minimum atomic E-state index is -0.595. The summed E-state index contributed by atoms with van der Waals surface area (Å²) in [4.78, 5) is 25.2. The van der Waals surface area contributed by atoms with Crippen LogP contribution in [0.5, 0.6) is 0 Å². The van der Waals surface area contributed by atoms with Gasteiger partial charge >= 0.3 is 0 Å². The molecular formula is C16H12Cl3FN2O2. The highest BCUT2D eigenvalue weighted by atomic mass is 35.5. The second-order valence-electron chi connectivity index (χ2n) is 4.85. The Hall–Kier alpha value is -1.82. The van der Waals surface area contributed by atoms with Crippen molar-refractivity contribution in [1.82, 2.24) is 0 Å². The highest BCUT2D eigenvalue weighted by Crippen LogP contribution is 2.33. The molecule has 0 spiro atoms. The summed E-state index contributed by atoms with van der Waals surface area (Å²) in [6.45, 7) is 0.982. The van der Waals surface area contributed by atoms with Crippen molar-refractivity contribution in [2.45, 2.75) is 6.92 Å². The number of halogens is 4. The molecule has 126 valence electrons. The van der Waals surface area contributed by atoms with Gasteiger partial charge in [-0.25, -0.2) is 4.39 Å². The van der Waals surface area contributed by atoms with E-state index in [0.29, 0.717) is 5.69 Å². The van der Waals surface area contributed by atoms with Crippen LogP contribution in [0.25, 0.3) is 0 Å². The Balaban J connectivity index is 2.20. The number of para-hydroxylation sites is 1. The van der Waals surface area contributed by atoms with E-state index in [0.717, 1.165) is 11.0 Å². The van der Waals surface area contributed by atoms with E-state index < -0.39 is 17.6 Å². The Morgan fingerprint density at radius 1 is 1.08 bits per heavy atom. The predicted octanol–water partition coefficient (Wildman–Crippen LogP) is 4.78. The van der Waals surface area contributed by atoms with Gasteiger partial charge in [-0.3, -0.25) is 9.59 Å². The normalized spacial score (nSPS) is 10.4. The van der Waals surface area contributed by atoms with Gasteiger partial charge in [0.1, 0.15) is 12.4 Å². The van der Waals surface area contributed by atoms with Crippen LogP contribution in [-0.4, -0.2) is 18.4 Å². The number of rotatable bonds is 4. The van der Waals surface area contributed by atoms with E-state index in [4.69, 9.17) is 34.8 Å². The molecule has 0 aromatic heterocycles. The molecule has 0 bridgehead atoms. The molecule has 0 atom stereocenters. The molecule has 0 aliphatic heterocycles. The topological polar surface area (TPSA) is 49.4 Å². The van der Waals surface area contributed by atoms with Crippen molar-refractivity contribution in [2.75, 3.05) is 16.8 Å². The summed E-state index contributed by atoms with van der Waals surface area (Å²) in [6, 6.07) is 8.53. The van der Waals surface area contributed by atoms with Crippen LogP contribution in [0.4, 0.5) is 15.8 Å². The van der Waals surface area contributed by atoms with Gasteiger partial charge in [-0.1, -0.05) is 40.9 Å². The summed E-state index contributed by atoms with van der Waals surface area (Å²) in [6.07, 6.45) is 0. The number of carbonyl (C=O) groups is 2. The zero-order chi connectivity index (χ0) is 17.9.